The van der Waals surface area contributed by atoms with Gasteiger partial charge in [0, 0.05) is 13.1 Å². The molecule has 0 unspecified atom stereocenters. The quantitative estimate of drug-likeness (QED) is 0.303. The van der Waals surface area contributed by atoms with Crippen molar-refractivity contribution < 1.29 is 25.2 Å². The first-order valence-corrected chi connectivity index (χ1v) is 3.44. The zero-order chi connectivity index (χ0) is 9.82. The normalized spacial score (nSPS) is 8.58. The van der Waals surface area contributed by atoms with E-state index in [1.54, 1.807) is 0 Å². The highest BCUT2D eigenvalue weighted by molar-refractivity contribution is 5.67. The summed E-state index contributed by atoms with van der Waals surface area (Å²) in [6.07, 6.45) is 0. The zero-order valence-corrected chi connectivity index (χ0v) is 6.73. The maximum atomic E-state index is 9.12. The summed E-state index contributed by atoms with van der Waals surface area (Å²) in [5.41, 5.74) is 0. The van der Waals surface area contributed by atoms with Crippen molar-refractivity contribution in [2.24, 2.45) is 0 Å². The molecule has 12 heavy (non-hydrogen) atoms. The van der Waals surface area contributed by atoms with Crippen LogP contribution in [-0.4, -0.2) is 59.3 Å². The number of aliphatic hydroxyl groups is 3. The van der Waals surface area contributed by atoms with Gasteiger partial charge < -0.3 is 25.7 Å². The Morgan fingerprint density at radius 3 is 1.58 bits per heavy atom. The van der Waals surface area contributed by atoms with Crippen LogP contribution < -0.4 is 5.32 Å². The van der Waals surface area contributed by atoms with Gasteiger partial charge in [0.25, 0.3) is 0 Å². The monoisotopic (exact) mass is 181 g/mol. The lowest BCUT2D eigenvalue weighted by molar-refractivity contribution is -0.140. The lowest BCUT2D eigenvalue weighted by Gasteiger charge is -1.94. The minimum Gasteiger partial charge on any atom is -0.480 e. The third kappa shape index (κ3) is 22.8. The van der Waals surface area contributed by atoms with E-state index in [9.17, 15) is 0 Å². The number of aliphatic hydroxyl groups excluding tert-OH is 3. The largest absolute Gasteiger partial charge is 0.480 e. The summed E-state index contributed by atoms with van der Waals surface area (Å²) >= 11 is 0. The van der Waals surface area contributed by atoms with Crippen LogP contribution in [0.25, 0.3) is 0 Å². The SMILES string of the molecule is O=C(O)CO.OCCNCCO. The molecule has 0 bridgehead atoms. The maximum absolute atomic E-state index is 9.12. The van der Waals surface area contributed by atoms with E-state index in [0.29, 0.717) is 13.1 Å². The van der Waals surface area contributed by atoms with Gasteiger partial charge in [-0.1, -0.05) is 0 Å². The first-order valence-electron chi connectivity index (χ1n) is 3.44. The predicted octanol–water partition coefficient (Wildman–Crippen LogP) is -2.38. The fraction of sp³-hybridized carbons (Fsp3) is 0.833. The van der Waals surface area contributed by atoms with E-state index in [4.69, 9.17) is 25.2 Å². The van der Waals surface area contributed by atoms with Crippen LogP contribution in [-0.2, 0) is 4.79 Å². The lowest BCUT2D eigenvalue weighted by Crippen LogP contribution is -2.21. The molecule has 74 valence electrons. The predicted molar refractivity (Wildman–Crippen MR) is 41.8 cm³/mol. The second kappa shape index (κ2) is 12.9. The molecule has 6 heteroatoms. The summed E-state index contributed by atoms with van der Waals surface area (Å²) < 4.78 is 0. The van der Waals surface area contributed by atoms with E-state index in [1.807, 2.05) is 0 Å². The first-order chi connectivity index (χ1) is 5.68. The number of nitrogens with one attached hydrogen (secondary N) is 1. The van der Waals surface area contributed by atoms with Crippen molar-refractivity contribution in [2.75, 3.05) is 32.9 Å². The van der Waals surface area contributed by atoms with Crippen LogP contribution in [0.15, 0.2) is 0 Å². The average molecular weight is 181 g/mol. The Labute approximate surface area is 70.5 Å². The second-order valence-electron chi connectivity index (χ2n) is 1.75. The van der Waals surface area contributed by atoms with Crippen molar-refractivity contribution in [3.8, 4) is 0 Å². The molecule has 0 aliphatic heterocycles. The molecule has 0 saturated carbocycles. The molecule has 0 rings (SSSR count). The van der Waals surface area contributed by atoms with Crippen molar-refractivity contribution in [1.29, 1.82) is 0 Å². The minimum atomic E-state index is -1.19. The van der Waals surface area contributed by atoms with E-state index in [0.717, 1.165) is 0 Å². The molecule has 0 spiro atoms. The van der Waals surface area contributed by atoms with Gasteiger partial charge in [-0.15, -0.1) is 0 Å². The van der Waals surface area contributed by atoms with E-state index in [1.165, 1.54) is 0 Å². The number of carboxylic acid groups (broad SMARTS) is 1. The van der Waals surface area contributed by atoms with E-state index in [2.05, 4.69) is 5.32 Å². The standard InChI is InChI=1S/C4H11NO2.C2H4O3/c6-3-1-5-2-4-7;3-1-2(4)5/h5-7H,1-4H2;3H,1H2,(H,4,5). The van der Waals surface area contributed by atoms with Crippen molar-refractivity contribution in [3.63, 3.8) is 0 Å². The van der Waals surface area contributed by atoms with Crippen LogP contribution in [0, 0.1) is 0 Å². The first kappa shape index (κ1) is 13.9. The van der Waals surface area contributed by atoms with Crippen LogP contribution in [0.2, 0.25) is 0 Å². The molecular formula is C6H15NO5. The van der Waals surface area contributed by atoms with E-state index < -0.39 is 12.6 Å². The highest BCUT2D eigenvalue weighted by Crippen LogP contribution is 1.54. The summed E-state index contributed by atoms with van der Waals surface area (Å²) in [5, 5.41) is 34.1. The summed E-state index contributed by atoms with van der Waals surface area (Å²) in [6.45, 7) is 0.640. The van der Waals surface area contributed by atoms with Crippen LogP contribution in [0.5, 0.6) is 0 Å². The summed E-state index contributed by atoms with van der Waals surface area (Å²) in [4.78, 5) is 9.12. The number of hydrogen-bond donors (Lipinski definition) is 5. The van der Waals surface area contributed by atoms with Gasteiger partial charge in [0.05, 0.1) is 13.2 Å². The molecule has 0 aromatic heterocycles. The number of hydrogen-bond acceptors (Lipinski definition) is 5. The zero-order valence-electron chi connectivity index (χ0n) is 6.73. The van der Waals surface area contributed by atoms with Gasteiger partial charge in [0.2, 0.25) is 0 Å². The molecule has 0 aliphatic rings. The molecule has 0 atom stereocenters. The lowest BCUT2D eigenvalue weighted by atomic mass is 10.6. The van der Waals surface area contributed by atoms with Gasteiger partial charge in [-0.05, 0) is 0 Å². The van der Waals surface area contributed by atoms with Crippen LogP contribution in [0.1, 0.15) is 0 Å². The molecule has 0 radical (unpaired) electrons. The Morgan fingerprint density at radius 2 is 1.42 bits per heavy atom. The molecule has 0 fully saturated rings. The van der Waals surface area contributed by atoms with Gasteiger partial charge >= 0.3 is 5.97 Å². The molecule has 5 N–H and O–H groups in total. The summed E-state index contributed by atoms with van der Waals surface area (Å²) in [5.74, 6) is -1.19. The van der Waals surface area contributed by atoms with Crippen LogP contribution in [0.4, 0.5) is 0 Å². The van der Waals surface area contributed by atoms with Gasteiger partial charge in [-0.2, -0.15) is 0 Å². The number of rotatable bonds is 5. The average Bonchev–Trinajstić information content (AvgIpc) is 2.07. The maximum Gasteiger partial charge on any atom is 0.329 e. The Morgan fingerprint density at radius 1 is 1.08 bits per heavy atom. The third-order valence-electron chi connectivity index (χ3n) is 0.712. The third-order valence-corrected chi connectivity index (χ3v) is 0.712. The molecule has 0 aromatic rings. The Hall–Kier alpha value is -0.690. The number of aliphatic carboxylic acids is 1. The molecule has 0 aliphatic carbocycles. The smallest absolute Gasteiger partial charge is 0.329 e. The van der Waals surface area contributed by atoms with Crippen molar-refractivity contribution in [1.82, 2.24) is 5.32 Å². The highest BCUT2D eigenvalue weighted by Gasteiger charge is 1.82. The molecule has 0 heterocycles. The topological polar surface area (TPSA) is 110 Å². The number of carbonyl (C=O) groups is 1. The summed E-state index contributed by atoms with van der Waals surface area (Å²) in [7, 11) is 0. The minimum absolute atomic E-state index is 0.139. The molecule has 0 aromatic carbocycles. The molecular weight excluding hydrogens is 166 g/mol. The van der Waals surface area contributed by atoms with Gasteiger partial charge in [0.1, 0.15) is 6.61 Å². The van der Waals surface area contributed by atoms with Gasteiger partial charge in [0.15, 0.2) is 0 Å². The van der Waals surface area contributed by atoms with Crippen LogP contribution >= 0.6 is 0 Å². The fourth-order valence-corrected chi connectivity index (χ4v) is 0.283. The van der Waals surface area contributed by atoms with Gasteiger partial charge in [-0.25, -0.2) is 4.79 Å². The Kier molecular flexibility index (Phi) is 15.0. The summed E-state index contributed by atoms with van der Waals surface area (Å²) in [6, 6.07) is 0. The molecule has 6 nitrogen and oxygen atoms in total. The van der Waals surface area contributed by atoms with E-state index >= 15 is 0 Å². The Bertz CT molecular complexity index is 93.9. The van der Waals surface area contributed by atoms with Crippen molar-refractivity contribution >= 4 is 5.97 Å². The molecule has 0 amide bonds. The van der Waals surface area contributed by atoms with Crippen LogP contribution in [0.3, 0.4) is 0 Å². The molecule has 0 saturated heterocycles. The fourth-order valence-electron chi connectivity index (χ4n) is 0.283. The van der Waals surface area contributed by atoms with Gasteiger partial charge in [-0.3, -0.25) is 0 Å². The number of carboxylic acids is 1. The van der Waals surface area contributed by atoms with Crippen molar-refractivity contribution in [3.05, 3.63) is 0 Å². The Balaban J connectivity index is 0. The highest BCUT2D eigenvalue weighted by atomic mass is 16.4. The van der Waals surface area contributed by atoms with E-state index in [-0.39, 0.29) is 13.2 Å². The van der Waals surface area contributed by atoms with Crippen molar-refractivity contribution in [2.45, 2.75) is 0 Å². The second-order valence-corrected chi connectivity index (χ2v) is 1.75.